The second-order valence-corrected chi connectivity index (χ2v) is 7.03. The second kappa shape index (κ2) is 8.48. The van der Waals surface area contributed by atoms with Crippen LogP contribution in [-0.2, 0) is 0 Å². The van der Waals surface area contributed by atoms with Crippen LogP contribution in [0, 0.1) is 0 Å². The molecule has 2 rings (SSSR count). The number of thioether (sulfide) groups is 1. The van der Waals surface area contributed by atoms with Gasteiger partial charge in [-0.2, -0.15) is 11.8 Å². The van der Waals surface area contributed by atoms with Gasteiger partial charge in [0, 0.05) is 23.8 Å². The highest BCUT2D eigenvalue weighted by molar-refractivity contribution is 7.99. The van der Waals surface area contributed by atoms with Crippen LogP contribution in [0.4, 0.5) is 4.79 Å². The van der Waals surface area contributed by atoms with E-state index >= 15 is 0 Å². The third kappa shape index (κ3) is 4.95. The zero-order valence-electron chi connectivity index (χ0n) is 13.2. The molecule has 0 bridgehead atoms. The number of aliphatic hydroxyl groups is 1. The summed E-state index contributed by atoms with van der Waals surface area (Å²) in [6, 6.07) is 3.45. The van der Waals surface area contributed by atoms with Crippen LogP contribution in [0.25, 0.3) is 0 Å². The number of carbonyl (C=O) groups is 1. The SMILES string of the molecule is CS[C@@H]1CCCC[C@@H]1NC(=O)N[C@H](C)C[C@@H](O)c1ccco1. The number of furan rings is 1. The first-order valence-electron chi connectivity index (χ1n) is 7.91. The van der Waals surface area contributed by atoms with Crippen LogP contribution in [-0.4, -0.2) is 34.7 Å². The summed E-state index contributed by atoms with van der Waals surface area (Å²) in [6.07, 6.45) is 8.00. The molecule has 6 heteroatoms. The quantitative estimate of drug-likeness (QED) is 0.751. The first-order valence-corrected chi connectivity index (χ1v) is 9.20. The second-order valence-electron chi connectivity index (χ2n) is 5.95. The summed E-state index contributed by atoms with van der Waals surface area (Å²) in [4.78, 5) is 12.1. The Morgan fingerprint density at radius 1 is 1.50 bits per heavy atom. The highest BCUT2D eigenvalue weighted by Gasteiger charge is 2.26. The molecule has 1 aromatic rings. The molecular weight excluding hydrogens is 300 g/mol. The van der Waals surface area contributed by atoms with E-state index in [4.69, 9.17) is 4.42 Å². The number of rotatable bonds is 6. The van der Waals surface area contributed by atoms with Crippen LogP contribution >= 0.6 is 11.8 Å². The van der Waals surface area contributed by atoms with Crippen molar-refractivity contribution in [1.29, 1.82) is 0 Å². The molecule has 0 unspecified atom stereocenters. The minimum absolute atomic E-state index is 0.128. The Hall–Kier alpha value is -1.14. The lowest BCUT2D eigenvalue weighted by Crippen LogP contribution is -2.50. The molecule has 0 radical (unpaired) electrons. The molecule has 1 fully saturated rings. The van der Waals surface area contributed by atoms with Gasteiger partial charge in [-0.15, -0.1) is 0 Å². The Morgan fingerprint density at radius 3 is 2.95 bits per heavy atom. The number of carbonyl (C=O) groups excluding carboxylic acids is 1. The fourth-order valence-corrected chi connectivity index (χ4v) is 3.90. The van der Waals surface area contributed by atoms with Crippen LogP contribution < -0.4 is 10.6 Å². The molecule has 3 N–H and O–H groups in total. The van der Waals surface area contributed by atoms with E-state index in [9.17, 15) is 9.90 Å². The van der Waals surface area contributed by atoms with Crippen LogP contribution in [0.15, 0.2) is 22.8 Å². The Bertz CT molecular complexity index is 452. The van der Waals surface area contributed by atoms with Gasteiger partial charge in [0.25, 0.3) is 0 Å². The Kier molecular flexibility index (Phi) is 6.64. The van der Waals surface area contributed by atoms with E-state index in [2.05, 4.69) is 16.9 Å². The molecule has 5 nitrogen and oxygen atoms in total. The Labute approximate surface area is 136 Å². The molecule has 2 amide bonds. The van der Waals surface area contributed by atoms with Crippen LogP contribution in [0.2, 0.25) is 0 Å². The number of nitrogens with one attached hydrogen (secondary N) is 2. The average molecular weight is 326 g/mol. The van der Waals surface area contributed by atoms with E-state index < -0.39 is 6.10 Å². The fraction of sp³-hybridized carbons (Fsp3) is 0.688. The summed E-state index contributed by atoms with van der Waals surface area (Å²) in [5.74, 6) is 0.531. The minimum atomic E-state index is -0.695. The van der Waals surface area contributed by atoms with Crippen molar-refractivity contribution < 1.29 is 14.3 Å². The molecule has 1 saturated carbocycles. The monoisotopic (exact) mass is 326 g/mol. The van der Waals surface area contributed by atoms with Crippen molar-refractivity contribution in [1.82, 2.24) is 10.6 Å². The molecule has 22 heavy (non-hydrogen) atoms. The molecule has 0 spiro atoms. The van der Waals surface area contributed by atoms with Crippen molar-refractivity contribution in [2.24, 2.45) is 0 Å². The maximum Gasteiger partial charge on any atom is 0.315 e. The normalized spacial score (nSPS) is 24.5. The molecule has 124 valence electrons. The van der Waals surface area contributed by atoms with E-state index in [1.54, 1.807) is 12.1 Å². The van der Waals surface area contributed by atoms with Gasteiger partial charge in [0.2, 0.25) is 0 Å². The predicted octanol–water partition coefficient (Wildman–Crippen LogP) is 3.07. The summed E-state index contributed by atoms with van der Waals surface area (Å²) >= 11 is 1.83. The number of urea groups is 1. The smallest absolute Gasteiger partial charge is 0.315 e. The van der Waals surface area contributed by atoms with Crippen LogP contribution in [0.1, 0.15) is 50.9 Å². The van der Waals surface area contributed by atoms with Gasteiger partial charge in [-0.05, 0) is 38.2 Å². The molecular formula is C16H26N2O3S. The maximum atomic E-state index is 12.1. The van der Waals surface area contributed by atoms with Crippen LogP contribution in [0.3, 0.4) is 0 Å². The summed E-state index contributed by atoms with van der Waals surface area (Å²) < 4.78 is 5.17. The van der Waals surface area contributed by atoms with Gasteiger partial charge in [-0.1, -0.05) is 12.8 Å². The summed E-state index contributed by atoms with van der Waals surface area (Å²) in [7, 11) is 0. The Morgan fingerprint density at radius 2 is 2.27 bits per heavy atom. The lowest BCUT2D eigenvalue weighted by molar-refractivity contribution is 0.129. The molecule has 1 aromatic heterocycles. The van der Waals surface area contributed by atoms with E-state index in [0.29, 0.717) is 17.4 Å². The topological polar surface area (TPSA) is 74.5 Å². The van der Waals surface area contributed by atoms with E-state index in [-0.39, 0.29) is 18.1 Å². The number of hydrogen-bond donors (Lipinski definition) is 3. The van der Waals surface area contributed by atoms with Gasteiger partial charge in [0.1, 0.15) is 11.9 Å². The van der Waals surface area contributed by atoms with Crippen molar-refractivity contribution in [3.05, 3.63) is 24.2 Å². The van der Waals surface area contributed by atoms with E-state index in [1.165, 1.54) is 25.5 Å². The van der Waals surface area contributed by atoms with Crippen molar-refractivity contribution in [2.45, 2.75) is 62.5 Å². The molecule has 1 aliphatic rings. The van der Waals surface area contributed by atoms with Crippen LogP contribution in [0.5, 0.6) is 0 Å². The largest absolute Gasteiger partial charge is 0.467 e. The lowest BCUT2D eigenvalue weighted by Gasteiger charge is -2.31. The molecule has 0 aromatic carbocycles. The molecule has 1 heterocycles. The van der Waals surface area contributed by atoms with Crippen molar-refractivity contribution in [3.63, 3.8) is 0 Å². The third-order valence-electron chi connectivity index (χ3n) is 4.15. The first kappa shape index (κ1) is 17.2. The molecule has 0 aliphatic heterocycles. The Balaban J connectivity index is 1.76. The molecule has 1 aliphatic carbocycles. The zero-order chi connectivity index (χ0) is 15.9. The highest BCUT2D eigenvalue weighted by atomic mass is 32.2. The van der Waals surface area contributed by atoms with E-state index in [1.807, 2.05) is 18.7 Å². The standard InChI is InChI=1S/C16H26N2O3S/c1-11(10-13(19)14-7-5-9-21-14)17-16(20)18-12-6-3-4-8-15(12)22-2/h5,7,9,11-13,15,19H,3-4,6,8,10H2,1-2H3,(H2,17,18,20)/t11-,12+,13-,15-/m1/s1. The fourth-order valence-electron chi connectivity index (χ4n) is 2.97. The average Bonchev–Trinajstić information content (AvgIpc) is 3.01. The van der Waals surface area contributed by atoms with Gasteiger partial charge < -0.3 is 20.2 Å². The third-order valence-corrected chi connectivity index (χ3v) is 5.32. The number of hydrogen-bond acceptors (Lipinski definition) is 4. The summed E-state index contributed by atoms with van der Waals surface area (Å²) in [5.41, 5.74) is 0. The lowest BCUT2D eigenvalue weighted by atomic mass is 9.95. The van der Waals surface area contributed by atoms with Gasteiger partial charge in [-0.25, -0.2) is 4.79 Å². The highest BCUT2D eigenvalue weighted by Crippen LogP contribution is 2.27. The van der Waals surface area contributed by atoms with Gasteiger partial charge in [0.15, 0.2) is 0 Å². The van der Waals surface area contributed by atoms with E-state index in [0.717, 1.165) is 6.42 Å². The zero-order valence-corrected chi connectivity index (χ0v) is 14.1. The van der Waals surface area contributed by atoms with Gasteiger partial charge >= 0.3 is 6.03 Å². The van der Waals surface area contributed by atoms with Crippen molar-refractivity contribution in [3.8, 4) is 0 Å². The molecule has 0 saturated heterocycles. The maximum absolute atomic E-state index is 12.1. The van der Waals surface area contributed by atoms with Gasteiger partial charge in [0.05, 0.1) is 6.26 Å². The van der Waals surface area contributed by atoms with Crippen molar-refractivity contribution in [2.75, 3.05) is 6.26 Å². The summed E-state index contributed by atoms with van der Waals surface area (Å²) in [6.45, 7) is 1.89. The summed E-state index contributed by atoms with van der Waals surface area (Å²) in [5, 5.41) is 16.5. The number of aliphatic hydroxyl groups excluding tert-OH is 1. The number of amides is 2. The molecule has 4 atom stereocenters. The predicted molar refractivity (Wildman–Crippen MR) is 89.0 cm³/mol. The minimum Gasteiger partial charge on any atom is -0.467 e. The van der Waals surface area contributed by atoms with Crippen molar-refractivity contribution >= 4 is 17.8 Å². The first-order chi connectivity index (χ1) is 10.6. The van der Waals surface area contributed by atoms with Gasteiger partial charge in [-0.3, -0.25) is 0 Å².